The number of nitrogens with one attached hydrogen (secondary N) is 1. The third kappa shape index (κ3) is 3.96. The summed E-state index contributed by atoms with van der Waals surface area (Å²) in [4.78, 5) is 16.3. The van der Waals surface area contributed by atoms with Crippen LogP contribution in [-0.2, 0) is 4.79 Å². The molecular weight excluding hydrogens is 214 g/mol. The van der Waals surface area contributed by atoms with Crippen LogP contribution in [0.2, 0.25) is 0 Å². The van der Waals surface area contributed by atoms with E-state index in [1.54, 1.807) is 0 Å². The molecule has 17 heavy (non-hydrogen) atoms. The number of carbonyl (C=O) groups excluding carboxylic acids is 1. The van der Waals surface area contributed by atoms with Crippen molar-refractivity contribution in [1.29, 1.82) is 0 Å². The standard InChI is InChI=1S/C13H27N3O/c1-13(2)7-6-8-14-11(13)12(17)16(5)10-9-15(3)4/h11,14H,6-10H2,1-5H3. The molecule has 1 aliphatic heterocycles. The van der Waals surface area contributed by atoms with Gasteiger partial charge in [0.05, 0.1) is 6.04 Å². The first kappa shape index (κ1) is 14.5. The third-order valence-electron chi connectivity index (χ3n) is 3.63. The van der Waals surface area contributed by atoms with Gasteiger partial charge in [-0.05, 0) is 38.9 Å². The predicted octanol–water partition coefficient (Wildman–Crippen LogP) is 0.785. The molecule has 0 aromatic carbocycles. The Balaban J connectivity index is 2.55. The minimum Gasteiger partial charge on any atom is -0.343 e. The molecule has 1 rings (SSSR count). The third-order valence-corrected chi connectivity index (χ3v) is 3.63. The molecule has 0 radical (unpaired) electrons. The molecule has 0 spiro atoms. The highest BCUT2D eigenvalue weighted by Crippen LogP contribution is 2.30. The fraction of sp³-hybridized carbons (Fsp3) is 0.923. The monoisotopic (exact) mass is 241 g/mol. The zero-order chi connectivity index (χ0) is 13.1. The Hall–Kier alpha value is -0.610. The van der Waals surface area contributed by atoms with Crippen LogP contribution >= 0.6 is 0 Å². The number of carbonyl (C=O) groups is 1. The zero-order valence-electron chi connectivity index (χ0n) is 11.9. The lowest BCUT2D eigenvalue weighted by atomic mass is 9.77. The zero-order valence-corrected chi connectivity index (χ0v) is 11.9. The van der Waals surface area contributed by atoms with Crippen LogP contribution in [0.15, 0.2) is 0 Å². The van der Waals surface area contributed by atoms with E-state index in [0.29, 0.717) is 0 Å². The van der Waals surface area contributed by atoms with Gasteiger partial charge in [-0.1, -0.05) is 13.8 Å². The van der Waals surface area contributed by atoms with E-state index in [0.717, 1.165) is 32.5 Å². The normalized spacial score (nSPS) is 23.8. The number of hydrogen-bond donors (Lipinski definition) is 1. The molecule has 1 fully saturated rings. The highest BCUT2D eigenvalue weighted by Gasteiger charge is 2.38. The molecule has 0 aromatic rings. The molecule has 1 N–H and O–H groups in total. The van der Waals surface area contributed by atoms with Gasteiger partial charge >= 0.3 is 0 Å². The van der Waals surface area contributed by atoms with E-state index in [4.69, 9.17) is 0 Å². The minimum absolute atomic E-state index is 0.0246. The van der Waals surface area contributed by atoms with Crippen LogP contribution in [0.3, 0.4) is 0 Å². The maximum Gasteiger partial charge on any atom is 0.240 e. The second kappa shape index (κ2) is 5.83. The van der Waals surface area contributed by atoms with Gasteiger partial charge in [-0.3, -0.25) is 4.79 Å². The van der Waals surface area contributed by atoms with E-state index in [-0.39, 0.29) is 17.4 Å². The molecule has 1 atom stereocenters. The van der Waals surface area contributed by atoms with Crippen molar-refractivity contribution in [2.75, 3.05) is 40.8 Å². The van der Waals surface area contributed by atoms with Crippen molar-refractivity contribution in [2.24, 2.45) is 5.41 Å². The van der Waals surface area contributed by atoms with E-state index >= 15 is 0 Å². The Labute approximate surface area is 105 Å². The largest absolute Gasteiger partial charge is 0.343 e. The highest BCUT2D eigenvalue weighted by molar-refractivity contribution is 5.82. The first-order chi connectivity index (χ1) is 7.84. The van der Waals surface area contributed by atoms with Crippen molar-refractivity contribution in [3.05, 3.63) is 0 Å². The molecule has 4 heteroatoms. The molecule has 100 valence electrons. The molecule has 4 nitrogen and oxygen atoms in total. The maximum atomic E-state index is 12.4. The van der Waals surface area contributed by atoms with Crippen LogP contribution in [0.5, 0.6) is 0 Å². The molecule has 0 aromatic heterocycles. The van der Waals surface area contributed by atoms with Crippen molar-refractivity contribution in [3.8, 4) is 0 Å². The molecule has 1 aliphatic rings. The van der Waals surface area contributed by atoms with Crippen LogP contribution < -0.4 is 5.32 Å². The molecule has 1 amide bonds. The first-order valence-corrected chi connectivity index (χ1v) is 6.47. The maximum absolute atomic E-state index is 12.4. The fourth-order valence-electron chi connectivity index (χ4n) is 2.31. The number of amides is 1. The fourth-order valence-corrected chi connectivity index (χ4v) is 2.31. The summed E-state index contributed by atoms with van der Waals surface area (Å²) in [7, 11) is 5.96. The number of rotatable bonds is 4. The molecule has 0 bridgehead atoms. The minimum atomic E-state index is -0.0246. The predicted molar refractivity (Wildman–Crippen MR) is 71.0 cm³/mol. The van der Waals surface area contributed by atoms with Gasteiger partial charge in [-0.25, -0.2) is 0 Å². The van der Waals surface area contributed by atoms with Crippen molar-refractivity contribution < 1.29 is 4.79 Å². The molecule has 1 saturated heterocycles. The van der Waals surface area contributed by atoms with Crippen LogP contribution in [0, 0.1) is 5.41 Å². The lowest BCUT2D eigenvalue weighted by Crippen LogP contribution is -2.56. The molecule has 1 unspecified atom stereocenters. The summed E-state index contributed by atoms with van der Waals surface area (Å²) in [6.07, 6.45) is 2.29. The van der Waals surface area contributed by atoms with Gasteiger partial charge in [-0.15, -0.1) is 0 Å². The Morgan fingerprint density at radius 2 is 1.94 bits per heavy atom. The number of nitrogens with zero attached hydrogens (tertiary/aromatic N) is 2. The van der Waals surface area contributed by atoms with Crippen LogP contribution in [0.1, 0.15) is 26.7 Å². The molecule has 0 aliphatic carbocycles. The van der Waals surface area contributed by atoms with Gasteiger partial charge in [0.2, 0.25) is 5.91 Å². The average molecular weight is 241 g/mol. The lowest BCUT2D eigenvalue weighted by molar-refractivity contribution is -0.136. The van der Waals surface area contributed by atoms with Gasteiger partial charge in [0.25, 0.3) is 0 Å². The van der Waals surface area contributed by atoms with E-state index in [2.05, 4.69) is 24.1 Å². The lowest BCUT2D eigenvalue weighted by Gasteiger charge is -2.40. The summed E-state index contributed by atoms with van der Waals surface area (Å²) in [5.74, 6) is 0.233. The summed E-state index contributed by atoms with van der Waals surface area (Å²) in [5.41, 5.74) is 0.0711. The quantitative estimate of drug-likeness (QED) is 0.790. The Kier molecular flexibility index (Phi) is 4.95. The van der Waals surface area contributed by atoms with Gasteiger partial charge in [-0.2, -0.15) is 0 Å². The highest BCUT2D eigenvalue weighted by atomic mass is 16.2. The topological polar surface area (TPSA) is 35.6 Å². The van der Waals surface area contributed by atoms with Crippen molar-refractivity contribution in [3.63, 3.8) is 0 Å². The number of likely N-dealkylation sites (N-methyl/N-ethyl adjacent to an activating group) is 2. The van der Waals surface area contributed by atoms with Crippen molar-refractivity contribution in [1.82, 2.24) is 15.1 Å². The van der Waals surface area contributed by atoms with E-state index in [9.17, 15) is 4.79 Å². The Morgan fingerprint density at radius 3 is 2.47 bits per heavy atom. The second-order valence-electron chi connectivity index (χ2n) is 6.04. The van der Waals surface area contributed by atoms with E-state index in [1.807, 2.05) is 26.0 Å². The van der Waals surface area contributed by atoms with Gasteiger partial charge < -0.3 is 15.1 Å². The summed E-state index contributed by atoms with van der Waals surface area (Å²) >= 11 is 0. The Bertz CT molecular complexity index is 263. The summed E-state index contributed by atoms with van der Waals surface area (Å²) in [6.45, 7) is 7.03. The smallest absolute Gasteiger partial charge is 0.240 e. The summed E-state index contributed by atoms with van der Waals surface area (Å²) in [5, 5.41) is 3.37. The average Bonchev–Trinajstić information content (AvgIpc) is 2.24. The van der Waals surface area contributed by atoms with Gasteiger partial charge in [0.1, 0.15) is 0 Å². The SMILES string of the molecule is CN(C)CCN(C)C(=O)C1NCCCC1(C)C. The number of hydrogen-bond acceptors (Lipinski definition) is 3. The van der Waals surface area contributed by atoms with Crippen molar-refractivity contribution >= 4 is 5.91 Å². The molecular formula is C13H27N3O. The van der Waals surface area contributed by atoms with Crippen LogP contribution in [0.4, 0.5) is 0 Å². The van der Waals surface area contributed by atoms with Gasteiger partial charge in [0.15, 0.2) is 0 Å². The Morgan fingerprint density at radius 1 is 1.29 bits per heavy atom. The summed E-state index contributed by atoms with van der Waals surface area (Å²) in [6, 6.07) is -0.0246. The van der Waals surface area contributed by atoms with Gasteiger partial charge in [0, 0.05) is 20.1 Å². The van der Waals surface area contributed by atoms with E-state index < -0.39 is 0 Å². The van der Waals surface area contributed by atoms with Crippen molar-refractivity contribution in [2.45, 2.75) is 32.7 Å². The van der Waals surface area contributed by atoms with E-state index in [1.165, 1.54) is 0 Å². The molecule has 1 heterocycles. The first-order valence-electron chi connectivity index (χ1n) is 6.47. The van der Waals surface area contributed by atoms with Crippen LogP contribution in [0.25, 0.3) is 0 Å². The van der Waals surface area contributed by atoms with Crippen LogP contribution in [-0.4, -0.2) is 62.5 Å². The summed E-state index contributed by atoms with van der Waals surface area (Å²) < 4.78 is 0. The second-order valence-corrected chi connectivity index (χ2v) is 6.04. The molecule has 0 saturated carbocycles. The number of piperidine rings is 1.